The predicted molar refractivity (Wildman–Crippen MR) is 54.3 cm³/mol. The maximum absolute atomic E-state index is 5.46. The van der Waals surface area contributed by atoms with Crippen molar-refractivity contribution in [2.75, 3.05) is 0 Å². The summed E-state index contributed by atoms with van der Waals surface area (Å²) in [5, 5.41) is 0. The molecule has 1 aliphatic carbocycles. The number of hydrogen-bond acceptors (Lipinski definition) is 2. The van der Waals surface area contributed by atoms with Gasteiger partial charge in [0.1, 0.15) is 0 Å². The summed E-state index contributed by atoms with van der Waals surface area (Å²) in [6, 6.07) is 9.05. The molecule has 0 aliphatic heterocycles. The summed E-state index contributed by atoms with van der Waals surface area (Å²) >= 11 is 0. The third-order valence-corrected chi connectivity index (χ3v) is 3.05. The number of hydrazine groups is 1. The van der Waals surface area contributed by atoms with Crippen LogP contribution in [0.1, 0.15) is 30.4 Å². The van der Waals surface area contributed by atoms with Crippen LogP contribution in [0.25, 0.3) is 0 Å². The minimum absolute atomic E-state index is 0.378. The van der Waals surface area contributed by atoms with Crippen LogP contribution in [0.5, 0.6) is 0 Å². The van der Waals surface area contributed by atoms with E-state index in [4.69, 9.17) is 5.84 Å². The number of hydrogen-bond donors (Lipinski definition) is 2. The average Bonchev–Trinajstić information content (AvgIpc) is 2.60. The molecule has 2 heteroatoms. The van der Waals surface area contributed by atoms with Crippen LogP contribution in [0.2, 0.25) is 0 Å². The Morgan fingerprint density at radius 3 is 3.00 bits per heavy atom. The summed E-state index contributed by atoms with van der Waals surface area (Å²) in [7, 11) is 0. The minimum atomic E-state index is 0.378. The van der Waals surface area contributed by atoms with Gasteiger partial charge in [-0.1, -0.05) is 24.3 Å². The lowest BCUT2D eigenvalue weighted by molar-refractivity contribution is 0.468. The van der Waals surface area contributed by atoms with Crippen molar-refractivity contribution in [2.24, 2.45) is 5.84 Å². The second-order valence-electron chi connectivity index (χ2n) is 3.80. The molecule has 0 fully saturated rings. The van der Waals surface area contributed by atoms with Gasteiger partial charge >= 0.3 is 0 Å². The van der Waals surface area contributed by atoms with Gasteiger partial charge in [0.2, 0.25) is 0 Å². The van der Waals surface area contributed by atoms with Gasteiger partial charge in [0.05, 0.1) is 0 Å². The van der Waals surface area contributed by atoms with Crippen molar-refractivity contribution < 1.29 is 0 Å². The largest absolute Gasteiger partial charge is 0.271 e. The molecular weight excluding hydrogens is 160 g/mol. The first-order valence-corrected chi connectivity index (χ1v) is 4.87. The van der Waals surface area contributed by atoms with Crippen molar-refractivity contribution in [1.29, 1.82) is 0 Å². The molecule has 3 N–H and O–H groups in total. The average molecular weight is 176 g/mol. The number of aryl methyl sites for hydroxylation is 1. The summed E-state index contributed by atoms with van der Waals surface area (Å²) in [6.45, 7) is 2.15. The molecule has 1 aromatic rings. The molecule has 2 nitrogen and oxygen atoms in total. The van der Waals surface area contributed by atoms with Crippen LogP contribution in [0.15, 0.2) is 24.3 Å². The topological polar surface area (TPSA) is 38.0 Å². The number of nitrogens with one attached hydrogen (secondary N) is 1. The Morgan fingerprint density at radius 1 is 1.46 bits per heavy atom. The van der Waals surface area contributed by atoms with Crippen LogP contribution in [0, 0.1) is 0 Å². The van der Waals surface area contributed by atoms with Gasteiger partial charge in [0.25, 0.3) is 0 Å². The fraction of sp³-hybridized carbons (Fsp3) is 0.455. The Morgan fingerprint density at radius 2 is 2.23 bits per heavy atom. The van der Waals surface area contributed by atoms with E-state index in [1.165, 1.54) is 24.0 Å². The normalized spacial score (nSPS) is 22.8. The first-order chi connectivity index (χ1) is 6.33. The highest BCUT2D eigenvalue weighted by atomic mass is 15.2. The SMILES string of the molecule is CC(NN)C1CCc2ccccc21. The fourth-order valence-corrected chi connectivity index (χ4v) is 2.23. The Balaban J connectivity index is 2.28. The molecule has 0 spiro atoms. The molecule has 1 aromatic carbocycles. The van der Waals surface area contributed by atoms with E-state index in [0.29, 0.717) is 12.0 Å². The number of rotatable bonds is 2. The van der Waals surface area contributed by atoms with E-state index in [2.05, 4.69) is 36.6 Å². The lowest BCUT2D eigenvalue weighted by Gasteiger charge is -2.18. The van der Waals surface area contributed by atoms with Gasteiger partial charge < -0.3 is 0 Å². The number of nitrogens with two attached hydrogens (primary N) is 1. The summed E-state index contributed by atoms with van der Waals surface area (Å²) in [5.41, 5.74) is 5.82. The molecular formula is C11H16N2. The highest BCUT2D eigenvalue weighted by molar-refractivity contribution is 5.35. The van der Waals surface area contributed by atoms with Crippen LogP contribution in [0.4, 0.5) is 0 Å². The first kappa shape index (κ1) is 8.73. The predicted octanol–water partition coefficient (Wildman–Crippen LogP) is 1.57. The van der Waals surface area contributed by atoms with Crippen LogP contribution in [-0.4, -0.2) is 6.04 Å². The highest BCUT2D eigenvalue weighted by Gasteiger charge is 2.25. The van der Waals surface area contributed by atoms with Gasteiger partial charge in [0.15, 0.2) is 0 Å². The Hall–Kier alpha value is -0.860. The number of benzene rings is 1. The maximum atomic E-state index is 5.46. The zero-order chi connectivity index (χ0) is 9.26. The van der Waals surface area contributed by atoms with E-state index in [-0.39, 0.29) is 0 Å². The molecule has 13 heavy (non-hydrogen) atoms. The van der Waals surface area contributed by atoms with Crippen LogP contribution < -0.4 is 11.3 Å². The molecule has 0 amide bonds. The van der Waals surface area contributed by atoms with Crippen LogP contribution in [-0.2, 0) is 6.42 Å². The van der Waals surface area contributed by atoms with Crippen molar-refractivity contribution in [3.8, 4) is 0 Å². The molecule has 0 saturated heterocycles. The maximum Gasteiger partial charge on any atom is 0.0251 e. The van der Waals surface area contributed by atoms with Crippen molar-refractivity contribution >= 4 is 0 Å². The molecule has 0 saturated carbocycles. The smallest absolute Gasteiger partial charge is 0.0251 e. The number of fused-ring (bicyclic) bond motifs is 1. The molecule has 0 radical (unpaired) electrons. The Bertz CT molecular complexity index is 296. The van der Waals surface area contributed by atoms with E-state index in [1.54, 1.807) is 0 Å². The molecule has 2 unspecified atom stereocenters. The fourth-order valence-electron chi connectivity index (χ4n) is 2.23. The van der Waals surface area contributed by atoms with Gasteiger partial charge in [-0.2, -0.15) is 0 Å². The van der Waals surface area contributed by atoms with E-state index in [1.807, 2.05) is 0 Å². The minimum Gasteiger partial charge on any atom is -0.271 e. The Kier molecular flexibility index (Phi) is 2.34. The highest BCUT2D eigenvalue weighted by Crippen LogP contribution is 2.34. The van der Waals surface area contributed by atoms with Gasteiger partial charge in [-0.15, -0.1) is 0 Å². The van der Waals surface area contributed by atoms with Crippen molar-refractivity contribution in [3.63, 3.8) is 0 Å². The molecule has 70 valence electrons. The second kappa shape index (κ2) is 3.48. The summed E-state index contributed by atoms with van der Waals surface area (Å²) in [6.07, 6.45) is 2.43. The monoisotopic (exact) mass is 176 g/mol. The molecule has 1 aliphatic rings. The third kappa shape index (κ3) is 1.47. The van der Waals surface area contributed by atoms with E-state index < -0.39 is 0 Å². The van der Waals surface area contributed by atoms with E-state index >= 15 is 0 Å². The zero-order valence-electron chi connectivity index (χ0n) is 7.96. The zero-order valence-corrected chi connectivity index (χ0v) is 7.96. The first-order valence-electron chi connectivity index (χ1n) is 4.87. The summed E-state index contributed by atoms with van der Waals surface area (Å²) in [4.78, 5) is 0. The Labute approximate surface area is 79.1 Å². The lowest BCUT2D eigenvalue weighted by Crippen LogP contribution is -2.36. The molecule has 2 atom stereocenters. The van der Waals surface area contributed by atoms with Crippen molar-refractivity contribution in [1.82, 2.24) is 5.43 Å². The molecule has 0 heterocycles. The molecule has 2 rings (SSSR count). The molecule has 0 aromatic heterocycles. The van der Waals surface area contributed by atoms with Crippen molar-refractivity contribution in [2.45, 2.75) is 31.7 Å². The van der Waals surface area contributed by atoms with Gasteiger partial charge in [-0.3, -0.25) is 11.3 Å². The molecule has 0 bridgehead atoms. The summed E-state index contributed by atoms with van der Waals surface area (Å²) in [5.74, 6) is 6.06. The standard InChI is InChI=1S/C11H16N2/c1-8(13-12)10-7-6-9-4-2-3-5-11(9)10/h2-5,8,10,13H,6-7,12H2,1H3. The van der Waals surface area contributed by atoms with Gasteiger partial charge in [-0.05, 0) is 30.9 Å². The summed E-state index contributed by atoms with van der Waals surface area (Å²) < 4.78 is 0. The van der Waals surface area contributed by atoms with Gasteiger partial charge in [-0.25, -0.2) is 0 Å². The second-order valence-corrected chi connectivity index (χ2v) is 3.80. The quantitative estimate of drug-likeness (QED) is 0.530. The van der Waals surface area contributed by atoms with Crippen LogP contribution in [0.3, 0.4) is 0 Å². The van der Waals surface area contributed by atoms with Crippen molar-refractivity contribution in [3.05, 3.63) is 35.4 Å². The lowest BCUT2D eigenvalue weighted by atomic mass is 9.95. The third-order valence-electron chi connectivity index (χ3n) is 3.05. The van der Waals surface area contributed by atoms with E-state index in [9.17, 15) is 0 Å². The van der Waals surface area contributed by atoms with Gasteiger partial charge in [0, 0.05) is 12.0 Å². The van der Waals surface area contributed by atoms with Crippen LogP contribution >= 0.6 is 0 Å². The van der Waals surface area contributed by atoms with E-state index in [0.717, 1.165) is 0 Å².